The smallest absolute Gasteiger partial charge is 0.251 e. The average molecular weight is 275 g/mol. The van der Waals surface area contributed by atoms with Gasteiger partial charge in [-0.05, 0) is 30.6 Å². The van der Waals surface area contributed by atoms with Crippen molar-refractivity contribution in [2.75, 3.05) is 0 Å². The lowest BCUT2D eigenvalue weighted by molar-refractivity contribution is -0.671. The summed E-state index contributed by atoms with van der Waals surface area (Å²) in [6, 6.07) is 4.08. The lowest BCUT2D eigenvalue weighted by atomic mass is 9.74. The van der Waals surface area contributed by atoms with E-state index in [4.69, 9.17) is 0 Å². The first kappa shape index (κ1) is 15.0. The minimum absolute atomic E-state index is 0.0651. The minimum atomic E-state index is 0.0651. The van der Waals surface area contributed by atoms with E-state index in [0.29, 0.717) is 23.8 Å². The van der Waals surface area contributed by atoms with Crippen molar-refractivity contribution in [2.45, 2.75) is 46.1 Å². The Morgan fingerprint density at radius 1 is 1.30 bits per heavy atom. The zero-order valence-electron chi connectivity index (χ0n) is 13.1. The number of nitrogens with one attached hydrogen (secondary N) is 1. The number of hydrogen-bond donors (Lipinski definition) is 1. The molecule has 1 aromatic rings. The predicted molar refractivity (Wildman–Crippen MR) is 80.2 cm³/mol. The van der Waals surface area contributed by atoms with E-state index in [9.17, 15) is 4.79 Å². The van der Waals surface area contributed by atoms with Gasteiger partial charge in [-0.15, -0.1) is 0 Å². The summed E-state index contributed by atoms with van der Waals surface area (Å²) < 4.78 is 1.94. The maximum absolute atomic E-state index is 12.4. The van der Waals surface area contributed by atoms with E-state index >= 15 is 0 Å². The van der Waals surface area contributed by atoms with Gasteiger partial charge in [-0.1, -0.05) is 27.2 Å². The molecular weight excluding hydrogens is 248 g/mol. The number of carbonyl (C=O) groups is 1. The number of rotatable bonds is 3. The number of hydrogen-bond acceptors (Lipinski definition) is 1. The van der Waals surface area contributed by atoms with Crippen LogP contribution in [0, 0.1) is 17.8 Å². The third kappa shape index (κ3) is 3.59. The molecule has 1 heterocycles. The van der Waals surface area contributed by atoms with E-state index in [1.165, 1.54) is 12.8 Å². The standard InChI is InChI=1S/C17H26N2O/c1-12(2)15-6-5-13(3)11-16(15)18-17(20)14-7-9-19(4)10-8-14/h7-10,12-13,15-16H,5-6,11H2,1-4H3/p+1/t13-,15+,16-/m1/s1. The molecule has 1 saturated carbocycles. The Bertz CT molecular complexity index is 453. The number of aromatic nitrogens is 1. The van der Waals surface area contributed by atoms with E-state index in [-0.39, 0.29) is 5.91 Å². The molecule has 0 spiro atoms. The number of aryl methyl sites for hydroxylation is 1. The Kier molecular flexibility index (Phi) is 4.79. The van der Waals surface area contributed by atoms with Crippen molar-refractivity contribution in [3.8, 4) is 0 Å². The summed E-state index contributed by atoms with van der Waals surface area (Å²) in [5.41, 5.74) is 0.754. The van der Waals surface area contributed by atoms with Crippen LogP contribution in [0.4, 0.5) is 0 Å². The van der Waals surface area contributed by atoms with E-state index in [1.54, 1.807) is 0 Å². The number of pyridine rings is 1. The molecule has 0 saturated heterocycles. The average Bonchev–Trinajstić information content (AvgIpc) is 2.39. The monoisotopic (exact) mass is 275 g/mol. The van der Waals surface area contributed by atoms with Crippen molar-refractivity contribution in [2.24, 2.45) is 24.8 Å². The van der Waals surface area contributed by atoms with Crippen LogP contribution in [0.25, 0.3) is 0 Å². The molecule has 1 aromatic heterocycles. The normalized spacial score (nSPS) is 26.6. The number of nitrogens with zero attached hydrogens (tertiary/aromatic N) is 1. The van der Waals surface area contributed by atoms with Gasteiger partial charge in [-0.2, -0.15) is 0 Å². The summed E-state index contributed by atoms with van der Waals surface area (Å²) in [6.07, 6.45) is 7.45. The van der Waals surface area contributed by atoms with Crippen LogP contribution in [0.1, 0.15) is 50.4 Å². The first-order chi connectivity index (χ1) is 9.47. The highest BCUT2D eigenvalue weighted by atomic mass is 16.1. The molecule has 3 heteroatoms. The van der Waals surface area contributed by atoms with Crippen molar-refractivity contribution in [1.82, 2.24) is 5.32 Å². The number of carbonyl (C=O) groups excluding carboxylic acids is 1. The molecule has 1 N–H and O–H groups in total. The fraction of sp³-hybridized carbons (Fsp3) is 0.647. The van der Waals surface area contributed by atoms with Crippen LogP contribution in [0.5, 0.6) is 0 Å². The molecule has 0 unspecified atom stereocenters. The highest BCUT2D eigenvalue weighted by Gasteiger charge is 2.31. The lowest BCUT2D eigenvalue weighted by Crippen LogP contribution is -2.45. The second-order valence-corrected chi connectivity index (χ2v) is 6.66. The van der Waals surface area contributed by atoms with Gasteiger partial charge in [0, 0.05) is 18.2 Å². The zero-order chi connectivity index (χ0) is 14.7. The van der Waals surface area contributed by atoms with Crippen LogP contribution < -0.4 is 9.88 Å². The Morgan fingerprint density at radius 3 is 2.55 bits per heavy atom. The van der Waals surface area contributed by atoms with E-state index < -0.39 is 0 Å². The first-order valence-corrected chi connectivity index (χ1v) is 7.73. The molecule has 1 aliphatic rings. The fourth-order valence-electron chi connectivity index (χ4n) is 3.27. The summed E-state index contributed by atoms with van der Waals surface area (Å²) in [6.45, 7) is 6.82. The lowest BCUT2D eigenvalue weighted by Gasteiger charge is -2.37. The van der Waals surface area contributed by atoms with E-state index in [2.05, 4.69) is 26.1 Å². The van der Waals surface area contributed by atoms with Crippen LogP contribution in [-0.4, -0.2) is 11.9 Å². The SMILES string of the molecule is CC(C)[C@@H]1CC[C@@H](C)C[C@H]1NC(=O)c1cc[n+](C)cc1. The Morgan fingerprint density at radius 2 is 1.95 bits per heavy atom. The van der Waals surface area contributed by atoms with E-state index in [1.807, 2.05) is 36.1 Å². The summed E-state index contributed by atoms with van der Waals surface area (Å²) in [5.74, 6) is 2.01. The van der Waals surface area contributed by atoms with Crippen LogP contribution in [0.3, 0.4) is 0 Å². The van der Waals surface area contributed by atoms with E-state index in [0.717, 1.165) is 12.0 Å². The number of amides is 1. The first-order valence-electron chi connectivity index (χ1n) is 7.73. The summed E-state index contributed by atoms with van der Waals surface area (Å²) in [4.78, 5) is 12.4. The van der Waals surface area contributed by atoms with Crippen molar-refractivity contribution in [3.05, 3.63) is 30.1 Å². The molecule has 0 aromatic carbocycles. The minimum Gasteiger partial charge on any atom is -0.349 e. The third-order valence-corrected chi connectivity index (χ3v) is 4.58. The second kappa shape index (κ2) is 6.38. The molecule has 2 rings (SSSR count). The van der Waals surface area contributed by atoms with Crippen LogP contribution in [0.15, 0.2) is 24.5 Å². The van der Waals surface area contributed by atoms with Crippen LogP contribution in [-0.2, 0) is 7.05 Å². The fourth-order valence-corrected chi connectivity index (χ4v) is 3.27. The Hall–Kier alpha value is -1.38. The van der Waals surface area contributed by atoms with Crippen molar-refractivity contribution >= 4 is 5.91 Å². The van der Waals surface area contributed by atoms with Gasteiger partial charge in [0.25, 0.3) is 5.91 Å². The molecule has 3 atom stereocenters. The maximum Gasteiger partial charge on any atom is 0.251 e. The Balaban J connectivity index is 2.05. The zero-order valence-corrected chi connectivity index (χ0v) is 13.1. The molecule has 3 nitrogen and oxygen atoms in total. The highest BCUT2D eigenvalue weighted by Crippen LogP contribution is 2.33. The van der Waals surface area contributed by atoms with Crippen LogP contribution in [0.2, 0.25) is 0 Å². The quantitative estimate of drug-likeness (QED) is 0.845. The summed E-state index contributed by atoms with van der Waals surface area (Å²) >= 11 is 0. The molecule has 0 aliphatic heterocycles. The Labute approximate surface area is 122 Å². The van der Waals surface area contributed by atoms with Crippen molar-refractivity contribution in [3.63, 3.8) is 0 Å². The van der Waals surface area contributed by atoms with Gasteiger partial charge in [-0.3, -0.25) is 4.79 Å². The molecule has 1 aliphatic carbocycles. The van der Waals surface area contributed by atoms with Crippen LogP contribution >= 0.6 is 0 Å². The molecule has 0 bridgehead atoms. The molecule has 110 valence electrons. The van der Waals surface area contributed by atoms with Gasteiger partial charge in [0.2, 0.25) is 0 Å². The topological polar surface area (TPSA) is 33.0 Å². The second-order valence-electron chi connectivity index (χ2n) is 6.66. The maximum atomic E-state index is 12.4. The summed E-state index contributed by atoms with van der Waals surface area (Å²) in [7, 11) is 1.96. The highest BCUT2D eigenvalue weighted by molar-refractivity contribution is 5.94. The van der Waals surface area contributed by atoms with Gasteiger partial charge in [-0.25, -0.2) is 4.57 Å². The molecule has 1 fully saturated rings. The molecule has 0 radical (unpaired) electrons. The molecule has 20 heavy (non-hydrogen) atoms. The van der Waals surface area contributed by atoms with Gasteiger partial charge in [0.05, 0.1) is 5.56 Å². The van der Waals surface area contributed by atoms with Gasteiger partial charge in [0.15, 0.2) is 12.4 Å². The summed E-state index contributed by atoms with van der Waals surface area (Å²) in [5, 5.41) is 3.27. The third-order valence-electron chi connectivity index (χ3n) is 4.58. The van der Waals surface area contributed by atoms with Crippen molar-refractivity contribution < 1.29 is 9.36 Å². The van der Waals surface area contributed by atoms with Gasteiger partial charge >= 0.3 is 0 Å². The van der Waals surface area contributed by atoms with Gasteiger partial charge < -0.3 is 5.32 Å². The van der Waals surface area contributed by atoms with Gasteiger partial charge in [0.1, 0.15) is 7.05 Å². The largest absolute Gasteiger partial charge is 0.349 e. The molecule has 1 amide bonds. The molecular formula is C17H27N2O+. The predicted octanol–water partition coefficient (Wildman–Crippen LogP) is 2.70. The van der Waals surface area contributed by atoms with Crippen molar-refractivity contribution in [1.29, 1.82) is 0 Å².